The molecule has 0 N–H and O–H groups in total. The molecule has 4 nitrogen and oxygen atoms in total. The lowest BCUT2D eigenvalue weighted by Crippen LogP contribution is -2.45. The SMILES string of the molecule is O=C1OC[C@H]2[C@H](OCc3ccccc3)C=CCN12. The molecule has 1 aromatic rings. The molecule has 0 saturated carbocycles. The molecule has 4 heteroatoms. The molecule has 2 aliphatic heterocycles. The zero-order chi connectivity index (χ0) is 12.4. The largest absolute Gasteiger partial charge is 0.447 e. The van der Waals surface area contributed by atoms with Crippen LogP contribution in [0.15, 0.2) is 42.5 Å². The Morgan fingerprint density at radius 1 is 1.33 bits per heavy atom. The van der Waals surface area contributed by atoms with Crippen molar-refractivity contribution in [2.45, 2.75) is 18.8 Å². The fraction of sp³-hybridized carbons (Fsp3) is 0.357. The van der Waals surface area contributed by atoms with Crippen molar-refractivity contribution in [2.24, 2.45) is 0 Å². The van der Waals surface area contributed by atoms with Gasteiger partial charge in [0.2, 0.25) is 0 Å². The van der Waals surface area contributed by atoms with Gasteiger partial charge < -0.3 is 9.47 Å². The normalized spacial score (nSPS) is 26.0. The standard InChI is InChI=1S/C14H15NO3/c16-14-15-8-4-7-13(12(15)10-18-14)17-9-11-5-2-1-3-6-11/h1-7,12-13H,8-10H2/t12-,13+/m0/s1. The Morgan fingerprint density at radius 2 is 2.17 bits per heavy atom. The lowest BCUT2D eigenvalue weighted by Gasteiger charge is -2.29. The van der Waals surface area contributed by atoms with Crippen LogP contribution in [0.1, 0.15) is 5.56 Å². The Labute approximate surface area is 106 Å². The van der Waals surface area contributed by atoms with Crippen LogP contribution in [-0.4, -0.2) is 36.3 Å². The summed E-state index contributed by atoms with van der Waals surface area (Å²) in [7, 11) is 0. The van der Waals surface area contributed by atoms with E-state index < -0.39 is 0 Å². The molecule has 2 atom stereocenters. The highest BCUT2D eigenvalue weighted by Gasteiger charge is 2.39. The Bertz CT molecular complexity index is 457. The number of hydrogen-bond acceptors (Lipinski definition) is 3. The molecule has 1 aromatic carbocycles. The van der Waals surface area contributed by atoms with Crippen molar-refractivity contribution in [3.63, 3.8) is 0 Å². The van der Waals surface area contributed by atoms with Crippen LogP contribution in [0.4, 0.5) is 4.79 Å². The van der Waals surface area contributed by atoms with Crippen molar-refractivity contribution in [3.8, 4) is 0 Å². The van der Waals surface area contributed by atoms with E-state index in [1.807, 2.05) is 42.5 Å². The molecule has 18 heavy (non-hydrogen) atoms. The molecule has 3 rings (SSSR count). The van der Waals surface area contributed by atoms with Crippen LogP contribution in [0.5, 0.6) is 0 Å². The quantitative estimate of drug-likeness (QED) is 0.764. The van der Waals surface area contributed by atoms with E-state index in [1.54, 1.807) is 4.90 Å². The Hall–Kier alpha value is -1.81. The average Bonchev–Trinajstić information content (AvgIpc) is 2.80. The number of benzene rings is 1. The molecule has 0 radical (unpaired) electrons. The molecule has 94 valence electrons. The highest BCUT2D eigenvalue weighted by Crippen LogP contribution is 2.22. The molecule has 1 fully saturated rings. The van der Waals surface area contributed by atoms with E-state index in [0.717, 1.165) is 5.56 Å². The number of nitrogens with zero attached hydrogens (tertiary/aromatic N) is 1. The molecule has 0 spiro atoms. The van der Waals surface area contributed by atoms with Crippen LogP contribution in [0.3, 0.4) is 0 Å². The van der Waals surface area contributed by atoms with Crippen molar-refractivity contribution in [1.29, 1.82) is 0 Å². The third-order valence-electron chi connectivity index (χ3n) is 3.30. The van der Waals surface area contributed by atoms with E-state index in [2.05, 4.69) is 0 Å². The second kappa shape index (κ2) is 4.82. The van der Waals surface area contributed by atoms with Crippen LogP contribution in [0.25, 0.3) is 0 Å². The first kappa shape index (κ1) is 11.3. The van der Waals surface area contributed by atoms with Crippen molar-refractivity contribution in [1.82, 2.24) is 4.90 Å². The van der Waals surface area contributed by atoms with Crippen molar-refractivity contribution in [2.75, 3.05) is 13.2 Å². The van der Waals surface area contributed by atoms with Gasteiger partial charge in [0.15, 0.2) is 0 Å². The van der Waals surface area contributed by atoms with E-state index >= 15 is 0 Å². The summed E-state index contributed by atoms with van der Waals surface area (Å²) in [6.07, 6.45) is 3.66. The van der Waals surface area contributed by atoms with Gasteiger partial charge in [-0.05, 0) is 5.56 Å². The van der Waals surface area contributed by atoms with Crippen LogP contribution in [0.2, 0.25) is 0 Å². The summed E-state index contributed by atoms with van der Waals surface area (Å²) in [5.41, 5.74) is 1.13. The molecule has 2 aliphatic rings. The highest BCUT2D eigenvalue weighted by atomic mass is 16.6. The van der Waals surface area contributed by atoms with Gasteiger partial charge in [-0.2, -0.15) is 0 Å². The summed E-state index contributed by atoms with van der Waals surface area (Å²) in [6.45, 7) is 1.59. The molecule has 1 saturated heterocycles. The molecular weight excluding hydrogens is 230 g/mol. The minimum absolute atomic E-state index is 0.0196. The zero-order valence-electron chi connectivity index (χ0n) is 9.99. The molecule has 1 amide bonds. The van der Waals surface area contributed by atoms with Gasteiger partial charge in [0, 0.05) is 6.54 Å². The van der Waals surface area contributed by atoms with Gasteiger partial charge in [-0.3, -0.25) is 4.90 Å². The van der Waals surface area contributed by atoms with Gasteiger partial charge in [0.1, 0.15) is 6.61 Å². The van der Waals surface area contributed by atoms with Gasteiger partial charge >= 0.3 is 6.09 Å². The lowest BCUT2D eigenvalue weighted by atomic mass is 10.1. The van der Waals surface area contributed by atoms with Crippen molar-refractivity contribution in [3.05, 3.63) is 48.0 Å². The number of amides is 1. The Kier molecular flexibility index (Phi) is 3.02. The summed E-state index contributed by atoms with van der Waals surface area (Å²) < 4.78 is 10.9. The predicted molar refractivity (Wildman–Crippen MR) is 66.0 cm³/mol. The van der Waals surface area contributed by atoms with E-state index in [9.17, 15) is 4.79 Å². The van der Waals surface area contributed by atoms with E-state index in [0.29, 0.717) is 19.8 Å². The maximum atomic E-state index is 11.4. The number of rotatable bonds is 3. The molecule has 0 aromatic heterocycles. The summed E-state index contributed by atoms with van der Waals surface area (Å²) >= 11 is 0. The van der Waals surface area contributed by atoms with Gasteiger partial charge in [0.25, 0.3) is 0 Å². The first-order valence-electron chi connectivity index (χ1n) is 6.10. The van der Waals surface area contributed by atoms with Gasteiger partial charge in [0.05, 0.1) is 18.8 Å². The first-order valence-corrected chi connectivity index (χ1v) is 6.10. The molecule has 0 aliphatic carbocycles. The summed E-state index contributed by atoms with van der Waals surface area (Å²) in [5, 5.41) is 0. The third kappa shape index (κ3) is 2.11. The van der Waals surface area contributed by atoms with Crippen molar-refractivity contribution < 1.29 is 14.3 Å². The second-order valence-corrected chi connectivity index (χ2v) is 4.49. The summed E-state index contributed by atoms with van der Waals surface area (Å²) in [5.74, 6) is 0. The smallest absolute Gasteiger partial charge is 0.410 e. The molecular formula is C14H15NO3. The molecule has 0 unspecified atom stereocenters. The number of carbonyl (C=O) groups excluding carboxylic acids is 1. The number of carbonyl (C=O) groups is 1. The van der Waals surface area contributed by atoms with Gasteiger partial charge in [-0.15, -0.1) is 0 Å². The lowest BCUT2D eigenvalue weighted by molar-refractivity contribution is 0.0218. The number of ether oxygens (including phenoxy) is 2. The second-order valence-electron chi connectivity index (χ2n) is 4.49. The zero-order valence-corrected chi connectivity index (χ0v) is 9.99. The monoisotopic (exact) mass is 245 g/mol. The Morgan fingerprint density at radius 3 is 3.00 bits per heavy atom. The van der Waals surface area contributed by atoms with Gasteiger partial charge in [-0.25, -0.2) is 4.79 Å². The topological polar surface area (TPSA) is 38.8 Å². The third-order valence-corrected chi connectivity index (χ3v) is 3.30. The number of fused-ring (bicyclic) bond motifs is 1. The van der Waals surface area contributed by atoms with Gasteiger partial charge in [-0.1, -0.05) is 42.5 Å². The Balaban J connectivity index is 1.64. The van der Waals surface area contributed by atoms with Crippen LogP contribution in [0, 0.1) is 0 Å². The average molecular weight is 245 g/mol. The fourth-order valence-electron chi connectivity index (χ4n) is 2.32. The van der Waals surface area contributed by atoms with Crippen molar-refractivity contribution >= 4 is 6.09 Å². The minimum atomic E-state index is -0.238. The first-order chi connectivity index (χ1) is 8.84. The maximum Gasteiger partial charge on any atom is 0.410 e. The highest BCUT2D eigenvalue weighted by molar-refractivity contribution is 5.70. The van der Waals surface area contributed by atoms with E-state index in [4.69, 9.17) is 9.47 Å². The summed E-state index contributed by atoms with van der Waals surface area (Å²) in [4.78, 5) is 13.2. The van der Waals surface area contributed by atoms with Crippen LogP contribution in [-0.2, 0) is 16.1 Å². The number of hydrogen-bond donors (Lipinski definition) is 0. The van der Waals surface area contributed by atoms with Crippen LogP contribution >= 0.6 is 0 Å². The maximum absolute atomic E-state index is 11.4. The fourth-order valence-corrected chi connectivity index (χ4v) is 2.32. The number of cyclic esters (lactones) is 1. The van der Waals surface area contributed by atoms with E-state index in [-0.39, 0.29) is 18.2 Å². The predicted octanol–water partition coefficient (Wildman–Crippen LogP) is 1.96. The summed E-state index contributed by atoms with van der Waals surface area (Å²) in [6, 6.07) is 10.0. The minimum Gasteiger partial charge on any atom is -0.447 e. The molecule has 2 heterocycles. The molecule has 0 bridgehead atoms. The van der Waals surface area contributed by atoms with Crippen LogP contribution < -0.4 is 0 Å². The van der Waals surface area contributed by atoms with E-state index in [1.165, 1.54) is 0 Å².